The van der Waals surface area contributed by atoms with Gasteiger partial charge in [0.1, 0.15) is 0 Å². The van der Waals surface area contributed by atoms with E-state index in [9.17, 15) is 0 Å². The van der Waals surface area contributed by atoms with Gasteiger partial charge in [-0.15, -0.1) is 0 Å². The molecule has 0 aromatic heterocycles. The Hall–Kier alpha value is -0.590. The molecule has 0 bridgehead atoms. The third kappa shape index (κ3) is 9.02. The van der Waals surface area contributed by atoms with Gasteiger partial charge in [-0.25, -0.2) is 0 Å². The van der Waals surface area contributed by atoms with Gasteiger partial charge in [0.2, 0.25) is 0 Å². The summed E-state index contributed by atoms with van der Waals surface area (Å²) in [6, 6.07) is 0. The minimum Gasteiger partial charge on any atom is -0.501 e. The predicted octanol–water partition coefficient (Wildman–Crippen LogP) is 4.71. The molecule has 19 heavy (non-hydrogen) atoms. The van der Waals surface area contributed by atoms with E-state index < -0.39 is 0 Å². The Kier molecular flexibility index (Phi) is 9.05. The summed E-state index contributed by atoms with van der Waals surface area (Å²) in [5.41, 5.74) is 2.61. The molecule has 0 aliphatic rings. The number of nitrogens with zero attached hydrogens (tertiary/aromatic N) is 1. The Bertz CT molecular complexity index is 337. The molecular formula is C16H30NOP. The van der Waals surface area contributed by atoms with Crippen molar-refractivity contribution in [1.29, 1.82) is 0 Å². The lowest BCUT2D eigenvalue weighted by atomic mass is 10.1. The van der Waals surface area contributed by atoms with Crippen LogP contribution in [0.4, 0.5) is 0 Å². The van der Waals surface area contributed by atoms with Crippen molar-refractivity contribution in [2.45, 2.75) is 53.5 Å². The molecule has 0 N–H and O–H groups in total. The minimum absolute atomic E-state index is 0.197. The van der Waals surface area contributed by atoms with E-state index in [0.717, 1.165) is 19.6 Å². The summed E-state index contributed by atoms with van der Waals surface area (Å²) in [5, 5.41) is 0. The molecule has 0 aliphatic heterocycles. The fraction of sp³-hybridized carbons (Fsp3) is 0.625. The summed E-state index contributed by atoms with van der Waals surface area (Å²) in [7, 11) is 2.79. The smallest absolute Gasteiger partial charge is 0.0885 e. The van der Waals surface area contributed by atoms with Crippen molar-refractivity contribution in [3.05, 3.63) is 35.6 Å². The van der Waals surface area contributed by atoms with Crippen LogP contribution >= 0.6 is 9.39 Å². The molecule has 0 saturated heterocycles. The summed E-state index contributed by atoms with van der Waals surface area (Å²) in [4.78, 5) is 0. The van der Waals surface area contributed by atoms with Crippen molar-refractivity contribution in [2.75, 3.05) is 13.2 Å². The van der Waals surface area contributed by atoms with Crippen LogP contribution in [0.15, 0.2) is 35.6 Å². The summed E-state index contributed by atoms with van der Waals surface area (Å²) in [5.74, 6) is 0. The monoisotopic (exact) mass is 283 g/mol. The molecule has 0 amide bonds. The second-order valence-electron chi connectivity index (χ2n) is 5.76. The van der Waals surface area contributed by atoms with Crippen molar-refractivity contribution in [3.8, 4) is 0 Å². The van der Waals surface area contributed by atoms with Crippen molar-refractivity contribution in [2.24, 2.45) is 0 Å². The van der Waals surface area contributed by atoms with Crippen molar-refractivity contribution in [3.63, 3.8) is 0 Å². The summed E-state index contributed by atoms with van der Waals surface area (Å²) < 4.78 is 7.86. The van der Waals surface area contributed by atoms with Crippen molar-refractivity contribution >= 4 is 9.39 Å². The molecule has 110 valence electrons. The van der Waals surface area contributed by atoms with Crippen LogP contribution in [0.2, 0.25) is 0 Å². The average molecular weight is 283 g/mol. The van der Waals surface area contributed by atoms with Gasteiger partial charge in [-0.3, -0.25) is 4.67 Å². The zero-order chi connectivity index (χ0) is 14.9. The maximum atomic E-state index is 5.60. The van der Waals surface area contributed by atoms with Gasteiger partial charge in [0.15, 0.2) is 0 Å². The Balaban J connectivity index is 3.97. The number of ether oxygens (including phenoxy) is 1. The Morgan fingerprint density at radius 3 is 2.37 bits per heavy atom. The van der Waals surface area contributed by atoms with E-state index in [1.54, 1.807) is 0 Å². The molecule has 1 unspecified atom stereocenters. The van der Waals surface area contributed by atoms with Crippen LogP contribution in [0.25, 0.3) is 0 Å². The van der Waals surface area contributed by atoms with Gasteiger partial charge in [-0.05, 0) is 59.1 Å². The molecule has 0 radical (unpaired) electrons. The van der Waals surface area contributed by atoms with Gasteiger partial charge in [-0.2, -0.15) is 0 Å². The fourth-order valence-electron chi connectivity index (χ4n) is 1.30. The van der Waals surface area contributed by atoms with E-state index in [0.29, 0.717) is 0 Å². The highest BCUT2D eigenvalue weighted by Crippen LogP contribution is 2.18. The molecule has 0 fully saturated rings. The number of allylic oxidation sites excluding steroid dienone is 5. The van der Waals surface area contributed by atoms with E-state index in [1.165, 1.54) is 11.1 Å². The SMILES string of the molecule is C\C=C/C=C(C)\C(C)=C\OCCCN(P)C(C)(C)C. The van der Waals surface area contributed by atoms with Crippen molar-refractivity contribution in [1.82, 2.24) is 4.67 Å². The van der Waals surface area contributed by atoms with Crippen LogP contribution < -0.4 is 0 Å². The van der Waals surface area contributed by atoms with E-state index in [4.69, 9.17) is 4.74 Å². The zero-order valence-electron chi connectivity index (χ0n) is 13.4. The van der Waals surface area contributed by atoms with E-state index in [1.807, 2.05) is 25.3 Å². The molecule has 0 saturated carbocycles. The molecule has 0 spiro atoms. The Morgan fingerprint density at radius 1 is 1.21 bits per heavy atom. The minimum atomic E-state index is 0.197. The van der Waals surface area contributed by atoms with E-state index >= 15 is 0 Å². The second-order valence-corrected chi connectivity index (χ2v) is 6.39. The van der Waals surface area contributed by atoms with Gasteiger partial charge >= 0.3 is 0 Å². The normalized spacial score (nSPS) is 14.5. The quantitative estimate of drug-likeness (QED) is 0.290. The van der Waals surface area contributed by atoms with Gasteiger partial charge in [-0.1, -0.05) is 27.6 Å². The van der Waals surface area contributed by atoms with Gasteiger partial charge in [0, 0.05) is 12.1 Å². The first kappa shape index (κ1) is 18.4. The van der Waals surface area contributed by atoms with Crippen LogP contribution in [-0.2, 0) is 4.74 Å². The summed E-state index contributed by atoms with van der Waals surface area (Å²) >= 11 is 0. The first-order chi connectivity index (χ1) is 8.79. The van der Waals surface area contributed by atoms with Crippen LogP contribution in [-0.4, -0.2) is 23.4 Å². The van der Waals surface area contributed by atoms with Crippen LogP contribution in [0, 0.1) is 0 Å². The van der Waals surface area contributed by atoms with E-state index in [-0.39, 0.29) is 5.54 Å². The highest BCUT2D eigenvalue weighted by molar-refractivity contribution is 7.13. The number of hydrogen-bond donors (Lipinski definition) is 0. The lowest BCUT2D eigenvalue weighted by Crippen LogP contribution is -2.34. The molecule has 3 heteroatoms. The molecule has 0 aliphatic carbocycles. The third-order valence-electron chi connectivity index (χ3n) is 2.94. The maximum absolute atomic E-state index is 5.60. The van der Waals surface area contributed by atoms with Gasteiger partial charge in [0.05, 0.1) is 12.9 Å². The average Bonchev–Trinajstić information content (AvgIpc) is 2.33. The topological polar surface area (TPSA) is 12.5 Å². The largest absolute Gasteiger partial charge is 0.501 e. The van der Waals surface area contributed by atoms with Crippen LogP contribution in [0.5, 0.6) is 0 Å². The number of hydrogen-bond acceptors (Lipinski definition) is 2. The molecular weight excluding hydrogens is 253 g/mol. The highest BCUT2D eigenvalue weighted by atomic mass is 31.0. The predicted molar refractivity (Wildman–Crippen MR) is 89.1 cm³/mol. The Labute approximate surface area is 121 Å². The fourth-order valence-corrected chi connectivity index (χ4v) is 1.49. The first-order valence-electron chi connectivity index (χ1n) is 6.89. The van der Waals surface area contributed by atoms with E-state index in [2.05, 4.69) is 54.8 Å². The second kappa shape index (κ2) is 9.34. The molecule has 1 atom stereocenters. The maximum Gasteiger partial charge on any atom is 0.0885 e. The van der Waals surface area contributed by atoms with Crippen LogP contribution in [0.3, 0.4) is 0 Å². The summed E-state index contributed by atoms with van der Waals surface area (Å²) in [6.07, 6.45) is 9.06. The first-order valence-corrected chi connectivity index (χ1v) is 7.41. The number of rotatable bonds is 7. The molecule has 0 aromatic carbocycles. The van der Waals surface area contributed by atoms with Crippen LogP contribution in [0.1, 0.15) is 48.0 Å². The van der Waals surface area contributed by atoms with Gasteiger partial charge in [0.25, 0.3) is 0 Å². The zero-order valence-corrected chi connectivity index (χ0v) is 14.5. The van der Waals surface area contributed by atoms with Crippen molar-refractivity contribution < 1.29 is 4.74 Å². The molecule has 2 nitrogen and oxygen atoms in total. The molecule has 0 aromatic rings. The molecule has 0 heterocycles. The lowest BCUT2D eigenvalue weighted by Gasteiger charge is -2.31. The summed E-state index contributed by atoms with van der Waals surface area (Å²) in [6.45, 7) is 14.6. The standard InChI is InChI=1S/C16H30NOP/c1-7-8-10-14(2)15(3)13-18-12-9-11-17(19)16(4,5)6/h7-8,10,13H,9,11-12,19H2,1-6H3/b8-7-,14-10-,15-13+. The highest BCUT2D eigenvalue weighted by Gasteiger charge is 2.15. The lowest BCUT2D eigenvalue weighted by molar-refractivity contribution is 0.207. The Morgan fingerprint density at radius 2 is 1.84 bits per heavy atom. The molecule has 0 rings (SSSR count). The third-order valence-corrected chi connectivity index (χ3v) is 3.98. The van der Waals surface area contributed by atoms with Gasteiger partial charge < -0.3 is 4.74 Å².